The van der Waals surface area contributed by atoms with E-state index in [1.807, 2.05) is 95.1 Å². The Bertz CT molecular complexity index is 1790. The van der Waals surface area contributed by atoms with Crippen molar-refractivity contribution in [2.24, 2.45) is 0 Å². The summed E-state index contributed by atoms with van der Waals surface area (Å²) in [6, 6.07) is 13.4. The third kappa shape index (κ3) is 5.99. The quantitative estimate of drug-likeness (QED) is 0.275. The third-order valence-corrected chi connectivity index (χ3v) is 7.23. The molecule has 0 radical (unpaired) electrons. The van der Waals surface area contributed by atoms with Gasteiger partial charge in [-0.2, -0.15) is 5.10 Å². The number of hydrogen-bond acceptors (Lipinski definition) is 10. The number of fused-ring (bicyclic) bond motifs is 2. The molecule has 1 aliphatic heterocycles. The molecule has 1 fully saturated rings. The molecule has 1 amide bonds. The van der Waals surface area contributed by atoms with E-state index in [4.69, 9.17) is 14.5 Å². The lowest BCUT2D eigenvalue weighted by Gasteiger charge is -2.44. The van der Waals surface area contributed by atoms with Gasteiger partial charge in [-0.1, -0.05) is 0 Å². The van der Waals surface area contributed by atoms with Crippen LogP contribution in [0, 0.1) is 6.92 Å². The van der Waals surface area contributed by atoms with Crippen LogP contribution in [0.25, 0.3) is 16.7 Å². The minimum atomic E-state index is -0.545. The summed E-state index contributed by atoms with van der Waals surface area (Å²) in [4.78, 5) is 35.0. The number of nitrogens with one attached hydrogen (secondary N) is 1. The molecular formula is C31H35N9O3. The van der Waals surface area contributed by atoms with Crippen molar-refractivity contribution >= 4 is 40.1 Å². The second kappa shape index (κ2) is 11.0. The molecule has 222 valence electrons. The van der Waals surface area contributed by atoms with Crippen LogP contribution in [0.2, 0.25) is 0 Å². The summed E-state index contributed by atoms with van der Waals surface area (Å²) in [6.07, 6.45) is 4.56. The average molecular weight is 582 g/mol. The van der Waals surface area contributed by atoms with Crippen LogP contribution >= 0.6 is 0 Å². The molecule has 0 spiro atoms. The topological polar surface area (TPSA) is 123 Å². The predicted octanol–water partition coefficient (Wildman–Crippen LogP) is 5.75. The van der Waals surface area contributed by atoms with Gasteiger partial charge in [0.2, 0.25) is 0 Å². The summed E-state index contributed by atoms with van der Waals surface area (Å²) in [5.74, 6) is 2.82. The minimum absolute atomic E-state index is 0.0530. The molecular weight excluding hydrogens is 546 g/mol. The number of benzene rings is 1. The molecule has 0 bridgehead atoms. The van der Waals surface area contributed by atoms with E-state index in [9.17, 15) is 4.79 Å². The van der Waals surface area contributed by atoms with E-state index >= 15 is 0 Å². The molecule has 1 saturated heterocycles. The van der Waals surface area contributed by atoms with Gasteiger partial charge in [0.1, 0.15) is 41.1 Å². The van der Waals surface area contributed by atoms with Crippen molar-refractivity contribution in [1.29, 1.82) is 0 Å². The van der Waals surface area contributed by atoms with Gasteiger partial charge < -0.3 is 19.7 Å². The summed E-state index contributed by atoms with van der Waals surface area (Å²) in [5, 5.41) is 7.53. The van der Waals surface area contributed by atoms with E-state index in [1.165, 1.54) is 12.7 Å². The van der Waals surface area contributed by atoms with Crippen LogP contribution < -0.4 is 15.0 Å². The minimum Gasteiger partial charge on any atom is -0.457 e. The first-order chi connectivity index (χ1) is 20.5. The Balaban J connectivity index is 1.20. The predicted molar refractivity (Wildman–Crippen MR) is 164 cm³/mol. The van der Waals surface area contributed by atoms with Gasteiger partial charge in [-0.25, -0.2) is 29.2 Å². The summed E-state index contributed by atoms with van der Waals surface area (Å²) >= 11 is 0. The molecule has 6 rings (SSSR count). The highest BCUT2D eigenvalue weighted by molar-refractivity contribution is 5.88. The number of carbonyl (C=O) groups excluding carboxylic acids is 1. The van der Waals surface area contributed by atoms with Crippen molar-refractivity contribution in [3.63, 3.8) is 0 Å². The number of hydrogen-bond donors (Lipinski definition) is 1. The summed E-state index contributed by atoms with van der Waals surface area (Å²) in [5.41, 5.74) is 3.35. The van der Waals surface area contributed by atoms with Crippen LogP contribution in [0.5, 0.6) is 11.5 Å². The summed E-state index contributed by atoms with van der Waals surface area (Å²) in [6.45, 7) is 13.0. The van der Waals surface area contributed by atoms with Crippen LogP contribution in [0.3, 0.4) is 0 Å². The van der Waals surface area contributed by atoms with E-state index in [0.717, 1.165) is 28.3 Å². The highest BCUT2D eigenvalue weighted by Crippen LogP contribution is 2.31. The molecule has 0 saturated carbocycles. The maximum absolute atomic E-state index is 12.9. The summed E-state index contributed by atoms with van der Waals surface area (Å²) < 4.78 is 13.5. The fourth-order valence-electron chi connectivity index (χ4n) is 5.35. The van der Waals surface area contributed by atoms with Gasteiger partial charge in [0.05, 0.1) is 17.6 Å². The first kappa shape index (κ1) is 28.1. The van der Waals surface area contributed by atoms with Crippen molar-refractivity contribution in [2.45, 2.75) is 59.2 Å². The number of piperazine rings is 1. The van der Waals surface area contributed by atoms with Crippen LogP contribution in [-0.2, 0) is 4.74 Å². The number of nitrogens with zero attached hydrogens (tertiary/aromatic N) is 8. The zero-order valence-electron chi connectivity index (χ0n) is 25.1. The van der Waals surface area contributed by atoms with E-state index in [2.05, 4.69) is 30.3 Å². The number of carbonyl (C=O) groups is 1. The highest BCUT2D eigenvalue weighted by Gasteiger charge is 2.36. The van der Waals surface area contributed by atoms with Gasteiger partial charge in [0.25, 0.3) is 0 Å². The van der Waals surface area contributed by atoms with E-state index < -0.39 is 5.60 Å². The number of ether oxygens (including phenoxy) is 2. The molecule has 0 unspecified atom stereocenters. The fourth-order valence-corrected chi connectivity index (χ4v) is 5.35. The van der Waals surface area contributed by atoms with Gasteiger partial charge in [-0.15, -0.1) is 0 Å². The molecule has 1 aliphatic rings. The van der Waals surface area contributed by atoms with E-state index in [-0.39, 0.29) is 18.2 Å². The Morgan fingerprint density at radius 3 is 2.51 bits per heavy atom. The van der Waals surface area contributed by atoms with Crippen LogP contribution in [0.1, 0.15) is 40.2 Å². The lowest BCUT2D eigenvalue weighted by Crippen LogP contribution is -2.59. The maximum atomic E-state index is 12.9. The number of aromatic nitrogens is 6. The van der Waals surface area contributed by atoms with Crippen LogP contribution in [0.4, 0.5) is 22.1 Å². The van der Waals surface area contributed by atoms with Crippen molar-refractivity contribution in [3.05, 3.63) is 66.9 Å². The van der Waals surface area contributed by atoms with Crippen molar-refractivity contribution in [2.75, 3.05) is 23.3 Å². The molecule has 1 N–H and O–H groups in total. The number of pyridine rings is 2. The van der Waals surface area contributed by atoms with Crippen molar-refractivity contribution in [3.8, 4) is 11.5 Å². The molecule has 43 heavy (non-hydrogen) atoms. The molecule has 5 aromatic rings. The second-order valence-electron chi connectivity index (χ2n) is 11.9. The lowest BCUT2D eigenvalue weighted by atomic mass is 10.1. The van der Waals surface area contributed by atoms with Crippen molar-refractivity contribution < 1.29 is 14.3 Å². The Morgan fingerprint density at radius 1 is 0.977 bits per heavy atom. The third-order valence-electron chi connectivity index (χ3n) is 7.23. The number of amides is 1. The monoisotopic (exact) mass is 581 g/mol. The molecule has 1 aromatic carbocycles. The number of anilines is 3. The zero-order valence-corrected chi connectivity index (χ0v) is 25.1. The molecule has 4 aromatic heterocycles. The summed E-state index contributed by atoms with van der Waals surface area (Å²) in [7, 11) is 0. The first-order valence-electron chi connectivity index (χ1n) is 14.3. The Labute approximate surface area is 249 Å². The number of rotatable bonds is 5. The normalized spacial score (nSPS) is 17.3. The van der Waals surface area contributed by atoms with Gasteiger partial charge >= 0.3 is 6.09 Å². The molecule has 0 aliphatic carbocycles. The molecule has 12 heteroatoms. The standard InChI is InChI=1S/C31H35N9O3/c1-19-13-22(7-9-25(19)42-23-11-12-39-27(14-23)33-18-35-39)36-29-28-24(32-17-34-29)8-10-26(37-28)38-15-20(2)40(21(3)16-38)30(41)43-31(4,5)6/h7-14,17-18,20-21H,15-16H2,1-6H3,(H,32,34,36)/t20-,21+. The van der Waals surface area contributed by atoms with Crippen molar-refractivity contribution in [1.82, 2.24) is 34.4 Å². The first-order valence-corrected chi connectivity index (χ1v) is 14.3. The number of aryl methyl sites for hydroxylation is 1. The molecule has 12 nitrogen and oxygen atoms in total. The second-order valence-corrected chi connectivity index (χ2v) is 11.9. The molecule has 5 heterocycles. The Hall–Kier alpha value is -5.00. The van der Waals surface area contributed by atoms with Gasteiger partial charge in [-0.3, -0.25) is 4.90 Å². The largest absolute Gasteiger partial charge is 0.457 e. The van der Waals surface area contributed by atoms with Crippen LogP contribution in [0.15, 0.2) is 61.3 Å². The highest BCUT2D eigenvalue weighted by atomic mass is 16.6. The SMILES string of the molecule is Cc1cc(Nc2ncnc3ccc(N4C[C@@H](C)N(C(=O)OC(C)(C)C)[C@@H](C)C4)nc23)ccc1Oc1ccn2ncnc2c1. The van der Waals surface area contributed by atoms with E-state index in [0.29, 0.717) is 35.8 Å². The van der Waals surface area contributed by atoms with Crippen LogP contribution in [-0.4, -0.2) is 71.3 Å². The average Bonchev–Trinajstić information content (AvgIpc) is 3.41. The zero-order chi connectivity index (χ0) is 30.3. The maximum Gasteiger partial charge on any atom is 0.410 e. The molecule has 2 atom stereocenters. The van der Waals surface area contributed by atoms with Gasteiger partial charge in [-0.05, 0) is 83.5 Å². The Kier molecular flexibility index (Phi) is 7.20. The lowest BCUT2D eigenvalue weighted by molar-refractivity contribution is 0.00560. The smallest absolute Gasteiger partial charge is 0.410 e. The van der Waals surface area contributed by atoms with E-state index in [1.54, 1.807) is 4.52 Å². The Morgan fingerprint density at radius 2 is 1.77 bits per heavy atom. The fraction of sp³-hybridized carbons (Fsp3) is 0.355. The van der Waals surface area contributed by atoms with Gasteiger partial charge in [0.15, 0.2) is 11.5 Å². The van der Waals surface area contributed by atoms with Gasteiger partial charge in [0, 0.05) is 31.0 Å².